The van der Waals surface area contributed by atoms with Gasteiger partial charge in [0.15, 0.2) is 6.10 Å². The summed E-state index contributed by atoms with van der Waals surface area (Å²) in [4.78, 5) is 37.9. The molecular formula is C67H104O6. The van der Waals surface area contributed by atoms with Crippen molar-refractivity contribution in [3.05, 3.63) is 158 Å². The van der Waals surface area contributed by atoms with Crippen molar-refractivity contribution >= 4 is 17.9 Å². The predicted octanol–water partition coefficient (Wildman–Crippen LogP) is 19.8. The lowest BCUT2D eigenvalue weighted by atomic mass is 10.1. The summed E-state index contributed by atoms with van der Waals surface area (Å²) in [6, 6.07) is 0. The average Bonchev–Trinajstić information content (AvgIpc) is 3.39. The number of carbonyl (C=O) groups is 3. The number of carbonyl (C=O) groups excluding carboxylic acids is 3. The van der Waals surface area contributed by atoms with Crippen molar-refractivity contribution in [1.29, 1.82) is 0 Å². The molecule has 0 spiro atoms. The Morgan fingerprint density at radius 3 is 0.863 bits per heavy atom. The quantitative estimate of drug-likeness (QED) is 0.0261. The third kappa shape index (κ3) is 57.8. The molecule has 0 aliphatic heterocycles. The smallest absolute Gasteiger partial charge is 0.306 e. The number of hydrogen-bond acceptors (Lipinski definition) is 6. The first-order valence-electron chi connectivity index (χ1n) is 29.0. The lowest BCUT2D eigenvalue weighted by molar-refractivity contribution is -0.167. The molecule has 0 radical (unpaired) electrons. The number of hydrogen-bond donors (Lipinski definition) is 0. The van der Waals surface area contributed by atoms with Gasteiger partial charge in [0.25, 0.3) is 0 Å². The summed E-state index contributed by atoms with van der Waals surface area (Å²) in [7, 11) is 0. The van der Waals surface area contributed by atoms with E-state index >= 15 is 0 Å². The van der Waals surface area contributed by atoms with Gasteiger partial charge in [-0.25, -0.2) is 0 Å². The molecule has 0 saturated heterocycles. The van der Waals surface area contributed by atoms with E-state index in [-0.39, 0.29) is 31.1 Å². The largest absolute Gasteiger partial charge is 0.462 e. The summed E-state index contributed by atoms with van der Waals surface area (Å²) >= 11 is 0. The third-order valence-electron chi connectivity index (χ3n) is 11.5. The van der Waals surface area contributed by atoms with Crippen LogP contribution < -0.4 is 0 Å². The summed E-state index contributed by atoms with van der Waals surface area (Å²) in [6.07, 6.45) is 86.9. The Labute approximate surface area is 448 Å². The second kappa shape index (κ2) is 59.6. The van der Waals surface area contributed by atoms with E-state index in [1.807, 2.05) is 0 Å². The Morgan fingerprint density at radius 1 is 0.288 bits per heavy atom. The Morgan fingerprint density at radius 2 is 0.534 bits per heavy atom. The molecule has 1 unspecified atom stereocenters. The van der Waals surface area contributed by atoms with E-state index in [9.17, 15) is 14.4 Å². The van der Waals surface area contributed by atoms with Gasteiger partial charge in [-0.3, -0.25) is 14.4 Å². The molecule has 6 nitrogen and oxygen atoms in total. The fraction of sp³-hybridized carbons (Fsp3) is 0.567. The van der Waals surface area contributed by atoms with E-state index in [1.165, 1.54) is 25.7 Å². The molecule has 408 valence electrons. The van der Waals surface area contributed by atoms with E-state index < -0.39 is 6.10 Å². The van der Waals surface area contributed by atoms with Gasteiger partial charge in [-0.15, -0.1) is 0 Å². The molecule has 0 heterocycles. The predicted molar refractivity (Wildman–Crippen MR) is 315 cm³/mol. The number of rotatable bonds is 50. The maximum absolute atomic E-state index is 12.8. The van der Waals surface area contributed by atoms with Crippen molar-refractivity contribution in [1.82, 2.24) is 0 Å². The second-order valence-electron chi connectivity index (χ2n) is 18.4. The molecule has 0 aliphatic carbocycles. The van der Waals surface area contributed by atoms with E-state index in [0.29, 0.717) is 25.7 Å². The van der Waals surface area contributed by atoms with Crippen molar-refractivity contribution in [2.75, 3.05) is 13.2 Å². The maximum Gasteiger partial charge on any atom is 0.306 e. The van der Waals surface area contributed by atoms with Gasteiger partial charge in [0.1, 0.15) is 13.2 Å². The van der Waals surface area contributed by atoms with Crippen LogP contribution in [0, 0.1) is 0 Å². The minimum Gasteiger partial charge on any atom is -0.462 e. The topological polar surface area (TPSA) is 78.9 Å². The van der Waals surface area contributed by atoms with E-state index in [1.54, 1.807) is 0 Å². The number of unbranched alkanes of at least 4 members (excludes halogenated alkanes) is 13. The summed E-state index contributed by atoms with van der Waals surface area (Å²) < 4.78 is 16.7. The van der Waals surface area contributed by atoms with Crippen LogP contribution in [0.25, 0.3) is 0 Å². The van der Waals surface area contributed by atoms with Crippen LogP contribution in [0.1, 0.15) is 226 Å². The van der Waals surface area contributed by atoms with Gasteiger partial charge in [0, 0.05) is 19.3 Å². The van der Waals surface area contributed by atoms with Gasteiger partial charge >= 0.3 is 17.9 Å². The molecule has 0 saturated carbocycles. The highest BCUT2D eigenvalue weighted by molar-refractivity contribution is 5.71. The molecule has 0 aromatic heterocycles. The van der Waals surface area contributed by atoms with E-state index in [4.69, 9.17) is 14.2 Å². The fourth-order valence-corrected chi connectivity index (χ4v) is 7.25. The van der Waals surface area contributed by atoms with Crippen molar-refractivity contribution < 1.29 is 28.6 Å². The van der Waals surface area contributed by atoms with Crippen molar-refractivity contribution in [2.45, 2.75) is 232 Å². The molecule has 0 fully saturated rings. The van der Waals surface area contributed by atoms with E-state index in [0.717, 1.165) is 154 Å². The second-order valence-corrected chi connectivity index (χ2v) is 18.4. The van der Waals surface area contributed by atoms with E-state index in [2.05, 4.69) is 179 Å². The van der Waals surface area contributed by atoms with Crippen LogP contribution in [0.15, 0.2) is 158 Å². The minimum atomic E-state index is -0.809. The first-order chi connectivity index (χ1) is 36.0. The molecule has 0 amide bonds. The van der Waals surface area contributed by atoms with Crippen LogP contribution in [0.3, 0.4) is 0 Å². The molecule has 6 heteroatoms. The zero-order chi connectivity index (χ0) is 52.9. The minimum absolute atomic E-state index is 0.104. The number of ether oxygens (including phenoxy) is 3. The summed E-state index contributed by atoms with van der Waals surface area (Å²) in [5.41, 5.74) is 0. The first kappa shape index (κ1) is 68.0. The molecule has 0 N–H and O–H groups in total. The van der Waals surface area contributed by atoms with Crippen LogP contribution >= 0.6 is 0 Å². The number of esters is 3. The monoisotopic (exact) mass is 1000 g/mol. The Kier molecular flexibility index (Phi) is 55.5. The average molecular weight is 1010 g/mol. The third-order valence-corrected chi connectivity index (χ3v) is 11.5. The van der Waals surface area contributed by atoms with Crippen LogP contribution in [-0.4, -0.2) is 37.2 Å². The number of allylic oxidation sites excluding steroid dienone is 26. The molecular weight excluding hydrogens is 901 g/mol. The normalized spacial score (nSPS) is 13.3. The zero-order valence-corrected chi connectivity index (χ0v) is 46.6. The van der Waals surface area contributed by atoms with Crippen molar-refractivity contribution in [2.24, 2.45) is 0 Å². The molecule has 0 rings (SSSR count). The zero-order valence-electron chi connectivity index (χ0n) is 46.6. The van der Waals surface area contributed by atoms with Crippen LogP contribution in [0.4, 0.5) is 0 Å². The molecule has 0 aliphatic rings. The van der Waals surface area contributed by atoms with Gasteiger partial charge in [0.05, 0.1) is 0 Å². The standard InChI is InChI=1S/C67H104O6/c1-4-7-10-13-16-18-20-22-24-25-26-27-28-29-30-31-32-33-34-35-36-37-38-39-40-41-43-44-46-48-51-54-57-60-66(69)72-63-64(62-71-65(68)59-56-53-50-15-12-9-6-3)73-67(70)61-58-55-52-49-47-45-42-23-21-19-17-14-11-8-5-2/h7-8,10-11,16-19,22-24,26-27,29-30,32-33,35-36,38-39,41-43,46,48,64H,4-6,9,12-15,20-21,25,28,31,34,37,40,44-45,47,49-63H2,1-3H3/b10-7-,11-8-,18-16-,19-17-,24-22-,27-26-,30-29-,33-32-,36-35-,39-38-,42-23-,43-41-,48-46-. The lowest BCUT2D eigenvalue weighted by Gasteiger charge is -2.18. The van der Waals surface area contributed by atoms with Gasteiger partial charge < -0.3 is 14.2 Å². The Hall–Kier alpha value is -4.97. The van der Waals surface area contributed by atoms with Gasteiger partial charge in [-0.1, -0.05) is 237 Å². The van der Waals surface area contributed by atoms with Crippen molar-refractivity contribution in [3.63, 3.8) is 0 Å². The summed E-state index contributed by atoms with van der Waals surface area (Å²) in [5.74, 6) is -0.985. The molecule has 73 heavy (non-hydrogen) atoms. The van der Waals surface area contributed by atoms with Gasteiger partial charge in [-0.2, -0.15) is 0 Å². The Bertz CT molecular complexity index is 1670. The molecule has 0 bridgehead atoms. The molecule has 0 aromatic rings. The fourth-order valence-electron chi connectivity index (χ4n) is 7.25. The van der Waals surface area contributed by atoms with Crippen LogP contribution in [0.2, 0.25) is 0 Å². The maximum atomic E-state index is 12.8. The highest BCUT2D eigenvalue weighted by Gasteiger charge is 2.19. The Balaban J connectivity index is 4.28. The highest BCUT2D eigenvalue weighted by atomic mass is 16.6. The molecule has 1 atom stereocenters. The lowest BCUT2D eigenvalue weighted by Crippen LogP contribution is -2.30. The molecule has 0 aromatic carbocycles. The summed E-state index contributed by atoms with van der Waals surface area (Å²) in [5, 5.41) is 0. The highest BCUT2D eigenvalue weighted by Crippen LogP contribution is 2.12. The SMILES string of the molecule is CC/C=C\C/C=C\C/C=C\C/C=C\C/C=C\C/C=C\C/C=C\C/C=C\C/C=C\C/C=C\CCCCC(=O)OCC(COC(=O)CCCCCCCCC)OC(=O)CCCCCCC/C=C\C/C=C\C/C=C\CC. The van der Waals surface area contributed by atoms with Gasteiger partial charge in [0.2, 0.25) is 0 Å². The summed E-state index contributed by atoms with van der Waals surface area (Å²) in [6.45, 7) is 6.29. The van der Waals surface area contributed by atoms with Gasteiger partial charge in [-0.05, 0) is 128 Å². The van der Waals surface area contributed by atoms with Crippen LogP contribution in [0.5, 0.6) is 0 Å². The van der Waals surface area contributed by atoms with Crippen molar-refractivity contribution in [3.8, 4) is 0 Å². The first-order valence-corrected chi connectivity index (χ1v) is 29.0. The van der Waals surface area contributed by atoms with Crippen LogP contribution in [-0.2, 0) is 28.6 Å².